The number of carbonyl (C=O) groups excluding carboxylic acids is 1. The molecule has 2 aromatic rings. The van der Waals surface area contributed by atoms with Gasteiger partial charge in [0.05, 0.1) is 5.52 Å². The number of nitrogens with one attached hydrogen (secondary N) is 1. The Labute approximate surface area is 123 Å². The van der Waals surface area contributed by atoms with Crippen LogP contribution < -0.4 is 16.6 Å². The second-order valence-corrected chi connectivity index (χ2v) is 5.03. The molecule has 0 saturated carbocycles. The number of aromatic nitrogens is 1. The van der Waals surface area contributed by atoms with Gasteiger partial charge in [0.25, 0.3) is 5.56 Å². The molecule has 0 spiro atoms. The summed E-state index contributed by atoms with van der Waals surface area (Å²) in [6.45, 7) is 2.89. The van der Waals surface area contributed by atoms with E-state index in [1.165, 1.54) is 4.57 Å². The number of carbonyl (C=O) groups is 1. The van der Waals surface area contributed by atoms with Crippen molar-refractivity contribution in [2.24, 2.45) is 5.73 Å². The summed E-state index contributed by atoms with van der Waals surface area (Å²) in [6, 6.07) is 9.31. The Morgan fingerprint density at radius 1 is 1.33 bits per heavy atom. The summed E-state index contributed by atoms with van der Waals surface area (Å²) in [5.74, 6) is -0.148. The third-order valence-electron chi connectivity index (χ3n) is 3.45. The van der Waals surface area contributed by atoms with Crippen LogP contribution in [-0.2, 0) is 17.9 Å². The van der Waals surface area contributed by atoms with Crippen LogP contribution in [0.4, 0.5) is 0 Å². The van der Waals surface area contributed by atoms with Gasteiger partial charge in [-0.05, 0) is 23.9 Å². The predicted octanol–water partition coefficient (Wildman–Crippen LogP) is 1.38. The van der Waals surface area contributed by atoms with Crippen LogP contribution in [0.5, 0.6) is 0 Å². The monoisotopic (exact) mass is 287 g/mol. The fourth-order valence-electron chi connectivity index (χ4n) is 2.29. The van der Waals surface area contributed by atoms with Crippen LogP contribution in [-0.4, -0.2) is 17.0 Å². The maximum atomic E-state index is 12.4. The van der Waals surface area contributed by atoms with E-state index in [1.807, 2.05) is 24.3 Å². The van der Waals surface area contributed by atoms with E-state index in [2.05, 4.69) is 12.2 Å². The van der Waals surface area contributed by atoms with Crippen LogP contribution in [0.15, 0.2) is 35.1 Å². The van der Waals surface area contributed by atoms with Crippen molar-refractivity contribution in [1.82, 2.24) is 9.88 Å². The van der Waals surface area contributed by atoms with E-state index in [4.69, 9.17) is 5.73 Å². The minimum absolute atomic E-state index is 0.0247. The second kappa shape index (κ2) is 7.04. The zero-order chi connectivity index (χ0) is 15.2. The lowest BCUT2D eigenvalue weighted by atomic mass is 10.1. The summed E-state index contributed by atoms with van der Waals surface area (Å²) in [7, 11) is 0. The van der Waals surface area contributed by atoms with Crippen molar-refractivity contribution in [2.45, 2.75) is 32.9 Å². The maximum Gasteiger partial charge on any atom is 0.256 e. The van der Waals surface area contributed by atoms with Crippen molar-refractivity contribution in [1.29, 1.82) is 0 Å². The van der Waals surface area contributed by atoms with E-state index in [1.54, 1.807) is 6.07 Å². The van der Waals surface area contributed by atoms with E-state index in [-0.39, 0.29) is 24.6 Å². The topological polar surface area (TPSA) is 77.1 Å². The van der Waals surface area contributed by atoms with Crippen LogP contribution in [0.25, 0.3) is 10.9 Å². The van der Waals surface area contributed by atoms with Gasteiger partial charge >= 0.3 is 0 Å². The first-order valence-corrected chi connectivity index (χ1v) is 7.25. The molecule has 0 radical (unpaired) electrons. The number of hydrogen-bond donors (Lipinski definition) is 2. The van der Waals surface area contributed by atoms with E-state index in [9.17, 15) is 9.59 Å². The number of pyridine rings is 1. The first-order valence-electron chi connectivity index (χ1n) is 7.25. The molecule has 1 amide bonds. The van der Waals surface area contributed by atoms with E-state index in [0.717, 1.165) is 23.7 Å². The highest BCUT2D eigenvalue weighted by atomic mass is 16.2. The predicted molar refractivity (Wildman–Crippen MR) is 84.0 cm³/mol. The van der Waals surface area contributed by atoms with Gasteiger partial charge < -0.3 is 11.1 Å². The molecule has 0 unspecified atom stereocenters. The van der Waals surface area contributed by atoms with Crippen LogP contribution in [0.2, 0.25) is 0 Å². The SMILES string of the molecule is CCCCNC(=O)Cn1c(=O)c(CN)cc2ccccc21. The molecule has 0 aliphatic heterocycles. The number of hydrogen-bond acceptors (Lipinski definition) is 3. The first kappa shape index (κ1) is 15.3. The summed E-state index contributed by atoms with van der Waals surface area (Å²) in [4.78, 5) is 24.4. The molecule has 0 fully saturated rings. The van der Waals surface area contributed by atoms with Crippen molar-refractivity contribution in [2.75, 3.05) is 6.54 Å². The Kier molecular flexibility index (Phi) is 5.11. The smallest absolute Gasteiger partial charge is 0.256 e. The van der Waals surface area contributed by atoms with Crippen molar-refractivity contribution < 1.29 is 4.79 Å². The molecule has 3 N–H and O–H groups in total. The fraction of sp³-hybridized carbons (Fsp3) is 0.375. The summed E-state index contributed by atoms with van der Waals surface area (Å²) >= 11 is 0. The van der Waals surface area contributed by atoms with Gasteiger partial charge in [-0.25, -0.2) is 0 Å². The van der Waals surface area contributed by atoms with Gasteiger partial charge in [0.2, 0.25) is 5.91 Å². The van der Waals surface area contributed by atoms with E-state index < -0.39 is 0 Å². The minimum Gasteiger partial charge on any atom is -0.355 e. The number of amides is 1. The Morgan fingerprint density at radius 3 is 2.81 bits per heavy atom. The number of rotatable bonds is 6. The van der Waals surface area contributed by atoms with Crippen LogP contribution in [0.1, 0.15) is 25.3 Å². The molecule has 0 aliphatic rings. The number of nitrogens with zero attached hydrogens (tertiary/aromatic N) is 1. The fourth-order valence-corrected chi connectivity index (χ4v) is 2.29. The van der Waals surface area contributed by atoms with Crippen LogP contribution in [0.3, 0.4) is 0 Å². The van der Waals surface area contributed by atoms with Gasteiger partial charge in [-0.15, -0.1) is 0 Å². The largest absolute Gasteiger partial charge is 0.355 e. The number of fused-ring (bicyclic) bond motifs is 1. The summed E-state index contributed by atoms with van der Waals surface area (Å²) in [6.07, 6.45) is 1.95. The van der Waals surface area contributed by atoms with Crippen molar-refractivity contribution in [3.63, 3.8) is 0 Å². The maximum absolute atomic E-state index is 12.4. The first-order chi connectivity index (χ1) is 10.2. The van der Waals surface area contributed by atoms with Gasteiger partial charge in [-0.3, -0.25) is 14.2 Å². The molecule has 0 saturated heterocycles. The Bertz CT molecular complexity index is 691. The third kappa shape index (κ3) is 3.49. The van der Waals surface area contributed by atoms with Crippen molar-refractivity contribution in [3.05, 3.63) is 46.2 Å². The second-order valence-electron chi connectivity index (χ2n) is 5.03. The normalized spacial score (nSPS) is 10.8. The average molecular weight is 287 g/mol. The molecule has 1 aromatic carbocycles. The molecule has 0 bridgehead atoms. The molecular formula is C16H21N3O2. The average Bonchev–Trinajstić information content (AvgIpc) is 2.50. The number of nitrogens with two attached hydrogens (primary N) is 1. The standard InChI is InChI=1S/C16H21N3O2/c1-2-3-8-18-15(20)11-19-14-7-5-4-6-12(14)9-13(10-17)16(19)21/h4-7,9H,2-3,8,10-11,17H2,1H3,(H,18,20). The molecule has 21 heavy (non-hydrogen) atoms. The molecule has 5 nitrogen and oxygen atoms in total. The summed E-state index contributed by atoms with van der Waals surface area (Å²) < 4.78 is 1.50. The quantitative estimate of drug-likeness (QED) is 0.788. The van der Waals surface area contributed by atoms with Gasteiger partial charge in [0.1, 0.15) is 6.54 Å². The van der Waals surface area contributed by atoms with Gasteiger partial charge in [0, 0.05) is 18.7 Å². The zero-order valence-electron chi connectivity index (χ0n) is 12.3. The molecule has 2 rings (SSSR count). The Hall–Kier alpha value is -2.14. The van der Waals surface area contributed by atoms with Crippen LogP contribution in [0, 0.1) is 0 Å². The Balaban J connectivity index is 2.35. The highest BCUT2D eigenvalue weighted by Gasteiger charge is 2.11. The van der Waals surface area contributed by atoms with E-state index in [0.29, 0.717) is 12.1 Å². The molecular weight excluding hydrogens is 266 g/mol. The van der Waals surface area contributed by atoms with Gasteiger partial charge in [-0.2, -0.15) is 0 Å². The zero-order valence-corrected chi connectivity index (χ0v) is 12.3. The minimum atomic E-state index is -0.193. The lowest BCUT2D eigenvalue weighted by molar-refractivity contribution is -0.121. The lowest BCUT2D eigenvalue weighted by Crippen LogP contribution is -2.34. The van der Waals surface area contributed by atoms with Gasteiger partial charge in [0.15, 0.2) is 0 Å². The van der Waals surface area contributed by atoms with E-state index >= 15 is 0 Å². The summed E-state index contributed by atoms with van der Waals surface area (Å²) in [5.41, 5.74) is 6.71. The Morgan fingerprint density at radius 2 is 2.10 bits per heavy atom. The third-order valence-corrected chi connectivity index (χ3v) is 3.45. The molecule has 112 valence electrons. The van der Waals surface area contributed by atoms with Crippen molar-refractivity contribution in [3.8, 4) is 0 Å². The highest BCUT2D eigenvalue weighted by Crippen LogP contribution is 2.13. The molecule has 5 heteroatoms. The lowest BCUT2D eigenvalue weighted by Gasteiger charge is -2.12. The molecule has 0 aliphatic carbocycles. The number of para-hydroxylation sites is 1. The molecule has 0 atom stereocenters. The van der Waals surface area contributed by atoms with Crippen molar-refractivity contribution >= 4 is 16.8 Å². The van der Waals surface area contributed by atoms with Crippen LogP contribution >= 0.6 is 0 Å². The van der Waals surface area contributed by atoms with Gasteiger partial charge in [-0.1, -0.05) is 31.5 Å². The molecule has 1 aromatic heterocycles. The summed E-state index contributed by atoms with van der Waals surface area (Å²) in [5, 5.41) is 3.75. The number of benzene rings is 1. The highest BCUT2D eigenvalue weighted by molar-refractivity contribution is 5.82. The molecule has 1 heterocycles. The number of unbranched alkanes of at least 4 members (excludes halogenated alkanes) is 1.